The van der Waals surface area contributed by atoms with Crippen molar-refractivity contribution in [2.45, 2.75) is 33.9 Å². The molecule has 1 aromatic heterocycles. The number of rotatable bonds is 8. The summed E-state index contributed by atoms with van der Waals surface area (Å²) in [6.45, 7) is 9.98. The average Bonchev–Trinajstić information content (AvgIpc) is 2.93. The highest BCUT2D eigenvalue weighted by atomic mass is 127. The zero-order valence-electron chi connectivity index (χ0n) is 16.4. The summed E-state index contributed by atoms with van der Waals surface area (Å²) in [6.07, 6.45) is 0. The van der Waals surface area contributed by atoms with Gasteiger partial charge in [-0.3, -0.25) is 0 Å². The van der Waals surface area contributed by atoms with Gasteiger partial charge in [-0.05, 0) is 45.5 Å². The van der Waals surface area contributed by atoms with E-state index in [9.17, 15) is 4.39 Å². The lowest BCUT2D eigenvalue weighted by Gasteiger charge is -2.18. The van der Waals surface area contributed by atoms with Gasteiger partial charge in [0.25, 0.3) is 0 Å². The molecule has 0 aliphatic rings. The first-order valence-corrected chi connectivity index (χ1v) is 9.67. The second-order valence-corrected chi connectivity index (χ2v) is 7.52. The maximum absolute atomic E-state index is 13.0. The molecule has 0 amide bonds. The molecule has 5 nitrogen and oxygen atoms in total. The Morgan fingerprint density at radius 3 is 2.52 bits per heavy atom. The first-order valence-electron chi connectivity index (χ1n) is 8.86. The predicted octanol–water partition coefficient (Wildman–Crippen LogP) is 3.70. The molecule has 2 aromatic rings. The Kier molecular flexibility index (Phi) is 10.8. The number of aliphatic imine (C=N–C) groups is 1. The Morgan fingerprint density at radius 1 is 1.22 bits per heavy atom. The molecule has 0 spiro atoms. The van der Waals surface area contributed by atoms with Crippen molar-refractivity contribution in [1.82, 2.24) is 20.5 Å². The van der Waals surface area contributed by atoms with Crippen LogP contribution in [0.3, 0.4) is 0 Å². The topological polar surface area (TPSA) is 52.6 Å². The Labute approximate surface area is 182 Å². The van der Waals surface area contributed by atoms with Gasteiger partial charge in [0.2, 0.25) is 0 Å². The molecule has 0 saturated carbocycles. The van der Waals surface area contributed by atoms with Gasteiger partial charge in [-0.2, -0.15) is 0 Å². The second kappa shape index (κ2) is 12.2. The monoisotopic (exact) mass is 505 g/mol. The van der Waals surface area contributed by atoms with Crippen LogP contribution in [0.4, 0.5) is 4.39 Å². The summed E-state index contributed by atoms with van der Waals surface area (Å²) in [5, 5.41) is 7.64. The van der Waals surface area contributed by atoms with Gasteiger partial charge in [-0.1, -0.05) is 12.1 Å². The fourth-order valence-electron chi connectivity index (χ4n) is 2.44. The normalized spacial score (nSPS) is 11.4. The number of likely N-dealkylation sites (N-methyl/N-ethyl adjacent to an activating group) is 1. The standard InChI is InChI=1S/C19H28FN5S.HI/c1-5-21-19(23-12-18-24-14(2)15(3)26-18)22-10-11-25(4)13-16-6-8-17(20)9-7-16;/h6-9H,5,10-13H2,1-4H3,(H2,21,22,23);1H. The highest BCUT2D eigenvalue weighted by molar-refractivity contribution is 14.0. The maximum atomic E-state index is 13.0. The second-order valence-electron chi connectivity index (χ2n) is 6.24. The van der Waals surface area contributed by atoms with Gasteiger partial charge in [0.15, 0.2) is 5.96 Å². The number of nitrogens with zero attached hydrogens (tertiary/aromatic N) is 3. The van der Waals surface area contributed by atoms with Crippen molar-refractivity contribution in [3.05, 3.63) is 51.2 Å². The van der Waals surface area contributed by atoms with Crippen LogP contribution in [0.5, 0.6) is 0 Å². The molecule has 2 N–H and O–H groups in total. The van der Waals surface area contributed by atoms with Crippen LogP contribution in [0.1, 0.15) is 28.1 Å². The van der Waals surface area contributed by atoms with Gasteiger partial charge in [0.1, 0.15) is 10.8 Å². The van der Waals surface area contributed by atoms with Crippen LogP contribution in [0.25, 0.3) is 0 Å². The lowest BCUT2D eigenvalue weighted by Crippen LogP contribution is -2.40. The van der Waals surface area contributed by atoms with E-state index in [1.54, 1.807) is 11.3 Å². The summed E-state index contributed by atoms with van der Waals surface area (Å²) in [7, 11) is 2.05. The Balaban J connectivity index is 0.00000364. The number of hydrogen-bond acceptors (Lipinski definition) is 4. The Hall–Kier alpha value is -1.26. The van der Waals surface area contributed by atoms with E-state index in [1.165, 1.54) is 17.0 Å². The number of guanidine groups is 1. The third kappa shape index (κ3) is 8.52. The van der Waals surface area contributed by atoms with Gasteiger partial charge in [0.05, 0.1) is 12.2 Å². The molecule has 0 radical (unpaired) electrons. The van der Waals surface area contributed by atoms with Gasteiger partial charge < -0.3 is 15.5 Å². The van der Waals surface area contributed by atoms with Crippen molar-refractivity contribution >= 4 is 41.3 Å². The van der Waals surface area contributed by atoms with Gasteiger partial charge >= 0.3 is 0 Å². The van der Waals surface area contributed by atoms with Crippen LogP contribution in [-0.2, 0) is 13.1 Å². The fourth-order valence-corrected chi connectivity index (χ4v) is 3.30. The number of aryl methyl sites for hydroxylation is 2. The molecule has 0 unspecified atom stereocenters. The van der Waals surface area contributed by atoms with E-state index < -0.39 is 0 Å². The minimum Gasteiger partial charge on any atom is -0.357 e. The fraction of sp³-hybridized carbons (Fsp3) is 0.474. The quantitative estimate of drug-likeness (QED) is 0.327. The largest absolute Gasteiger partial charge is 0.357 e. The van der Waals surface area contributed by atoms with Crippen LogP contribution in [0.2, 0.25) is 0 Å². The summed E-state index contributed by atoms with van der Waals surface area (Å²) in [6, 6.07) is 6.64. The predicted molar refractivity (Wildman–Crippen MR) is 123 cm³/mol. The third-order valence-electron chi connectivity index (χ3n) is 3.94. The third-order valence-corrected chi connectivity index (χ3v) is 5.00. The van der Waals surface area contributed by atoms with Crippen LogP contribution < -0.4 is 10.6 Å². The maximum Gasteiger partial charge on any atom is 0.191 e. The Bertz CT molecular complexity index is 698. The van der Waals surface area contributed by atoms with Crippen LogP contribution >= 0.6 is 35.3 Å². The van der Waals surface area contributed by atoms with Crippen LogP contribution in [0.15, 0.2) is 29.3 Å². The van der Waals surface area contributed by atoms with E-state index in [0.29, 0.717) is 6.54 Å². The SMILES string of the molecule is CCNC(=NCc1nc(C)c(C)s1)NCCN(C)Cc1ccc(F)cc1.I. The van der Waals surface area contributed by atoms with Gasteiger partial charge in [-0.25, -0.2) is 14.4 Å². The van der Waals surface area contributed by atoms with Crippen molar-refractivity contribution in [3.8, 4) is 0 Å². The molecular weight excluding hydrogens is 476 g/mol. The first-order chi connectivity index (χ1) is 12.5. The molecule has 0 fully saturated rings. The van der Waals surface area contributed by atoms with E-state index in [0.717, 1.165) is 48.4 Å². The van der Waals surface area contributed by atoms with E-state index in [2.05, 4.69) is 46.4 Å². The van der Waals surface area contributed by atoms with E-state index in [1.807, 2.05) is 19.1 Å². The molecule has 0 aliphatic carbocycles. The van der Waals surface area contributed by atoms with Gasteiger partial charge in [-0.15, -0.1) is 35.3 Å². The summed E-state index contributed by atoms with van der Waals surface area (Å²) in [4.78, 5) is 12.6. The lowest BCUT2D eigenvalue weighted by atomic mass is 10.2. The molecule has 27 heavy (non-hydrogen) atoms. The minimum absolute atomic E-state index is 0. The molecule has 1 heterocycles. The van der Waals surface area contributed by atoms with Crippen molar-refractivity contribution < 1.29 is 4.39 Å². The summed E-state index contributed by atoms with van der Waals surface area (Å²) >= 11 is 1.70. The number of nitrogens with one attached hydrogen (secondary N) is 2. The number of hydrogen-bond donors (Lipinski definition) is 2. The van der Waals surface area contributed by atoms with E-state index >= 15 is 0 Å². The molecule has 2 rings (SSSR count). The molecule has 0 aliphatic heterocycles. The van der Waals surface area contributed by atoms with Crippen molar-refractivity contribution in [2.24, 2.45) is 4.99 Å². The van der Waals surface area contributed by atoms with Crippen molar-refractivity contribution in [2.75, 3.05) is 26.7 Å². The van der Waals surface area contributed by atoms with Gasteiger partial charge in [0, 0.05) is 31.1 Å². The highest BCUT2D eigenvalue weighted by Gasteiger charge is 2.05. The van der Waals surface area contributed by atoms with Crippen molar-refractivity contribution in [1.29, 1.82) is 0 Å². The van der Waals surface area contributed by atoms with E-state index in [-0.39, 0.29) is 29.8 Å². The molecular formula is C19H29FIN5S. The Morgan fingerprint density at radius 2 is 1.93 bits per heavy atom. The minimum atomic E-state index is -0.199. The molecule has 0 atom stereocenters. The molecule has 8 heteroatoms. The smallest absolute Gasteiger partial charge is 0.191 e. The number of aromatic nitrogens is 1. The summed E-state index contributed by atoms with van der Waals surface area (Å²) in [5.41, 5.74) is 2.18. The van der Waals surface area contributed by atoms with E-state index in [4.69, 9.17) is 0 Å². The highest BCUT2D eigenvalue weighted by Crippen LogP contribution is 2.16. The average molecular weight is 505 g/mol. The zero-order valence-corrected chi connectivity index (χ0v) is 19.5. The number of benzene rings is 1. The molecule has 0 bridgehead atoms. The molecule has 0 saturated heterocycles. The van der Waals surface area contributed by atoms with Crippen LogP contribution in [-0.4, -0.2) is 42.5 Å². The molecule has 1 aromatic carbocycles. The summed E-state index contributed by atoms with van der Waals surface area (Å²) in [5.74, 6) is 0.600. The van der Waals surface area contributed by atoms with Crippen molar-refractivity contribution in [3.63, 3.8) is 0 Å². The first kappa shape index (κ1) is 23.8. The van der Waals surface area contributed by atoms with Crippen LogP contribution in [0, 0.1) is 19.7 Å². The zero-order chi connectivity index (χ0) is 18.9. The summed E-state index contributed by atoms with van der Waals surface area (Å²) < 4.78 is 13.0. The number of thiazole rings is 1. The molecule has 150 valence electrons. The number of halogens is 2. The lowest BCUT2D eigenvalue weighted by molar-refractivity contribution is 0.331.